The van der Waals surface area contributed by atoms with Gasteiger partial charge < -0.3 is 20.1 Å². The van der Waals surface area contributed by atoms with Gasteiger partial charge in [0.25, 0.3) is 0 Å². The zero-order valence-electron chi connectivity index (χ0n) is 44.8. The Hall–Kier alpha value is -2.29. The van der Waals surface area contributed by atoms with Crippen LogP contribution in [0.5, 0.6) is 0 Å². The normalized spacial score (nSPS) is 13.5. The Bertz CT molecular complexity index is 1310. The molecule has 69 heavy (non-hydrogen) atoms. The molecule has 9 nitrogen and oxygen atoms in total. The van der Waals surface area contributed by atoms with Crippen LogP contribution in [0.25, 0.3) is 0 Å². The van der Waals surface area contributed by atoms with E-state index in [9.17, 15) is 19.0 Å². The van der Waals surface area contributed by atoms with Gasteiger partial charge in [-0.1, -0.05) is 261 Å². The fraction of sp³-hybridized carbons (Fsp3) is 0.797. The van der Waals surface area contributed by atoms with Crippen LogP contribution in [0.1, 0.15) is 271 Å². The number of hydrogen-bond donors (Lipinski definition) is 2. The van der Waals surface area contributed by atoms with Crippen LogP contribution in [-0.2, 0) is 32.7 Å². The summed E-state index contributed by atoms with van der Waals surface area (Å²) in [5.74, 6) is -0.821. The van der Waals surface area contributed by atoms with Crippen molar-refractivity contribution in [1.29, 1.82) is 0 Å². The minimum absolute atomic E-state index is 0.0525. The first-order valence-electron chi connectivity index (χ1n) is 28.8. The second kappa shape index (κ2) is 55.0. The number of allylic oxidation sites excluding steroid dienone is 10. The number of ether oxygens (including phenoxy) is 2. The Morgan fingerprint density at radius 1 is 0.449 bits per heavy atom. The summed E-state index contributed by atoms with van der Waals surface area (Å²) in [4.78, 5) is 35.2. The Balaban J connectivity index is 3.97. The largest absolute Gasteiger partial charge is 0.472 e. The van der Waals surface area contributed by atoms with Crippen molar-refractivity contribution in [3.05, 3.63) is 60.8 Å². The number of carbonyl (C=O) groups excluding carboxylic acids is 2. The molecule has 0 heterocycles. The first kappa shape index (κ1) is 66.7. The smallest absolute Gasteiger partial charge is 0.462 e. The summed E-state index contributed by atoms with van der Waals surface area (Å²) < 4.78 is 33.0. The molecule has 3 N–H and O–H groups in total. The fourth-order valence-corrected chi connectivity index (χ4v) is 8.96. The van der Waals surface area contributed by atoms with E-state index in [-0.39, 0.29) is 38.6 Å². The minimum atomic E-state index is -4.39. The molecule has 0 aromatic rings. The molecule has 0 saturated carbocycles. The lowest BCUT2D eigenvalue weighted by Gasteiger charge is -2.19. The molecule has 0 aliphatic carbocycles. The standard InChI is InChI=1S/C59H108NO8P/c1-3-5-7-9-11-13-15-17-19-21-23-25-26-27-28-29-30-32-34-36-38-40-42-44-46-48-50-52-59(62)68-57(56-67-69(63,64)66-54-53-60)55-65-58(61)51-49-47-45-43-41-39-37-35-33-31-24-22-20-18-16-14-12-10-8-6-4-2/h5,7,11,13,17,19,23,25,27-28,57H,3-4,6,8-10,12,14-16,18,20-22,24,26,29-56,60H2,1-2H3,(H,63,64)/b7-5-,13-11-,19-17-,25-23-,28-27-. The highest BCUT2D eigenvalue weighted by Crippen LogP contribution is 2.43. The summed E-state index contributed by atoms with van der Waals surface area (Å²) in [5.41, 5.74) is 5.38. The van der Waals surface area contributed by atoms with Crippen molar-refractivity contribution in [1.82, 2.24) is 0 Å². The Labute approximate surface area is 425 Å². The summed E-state index contributed by atoms with van der Waals surface area (Å²) in [6.45, 7) is 3.66. The Morgan fingerprint density at radius 3 is 1.19 bits per heavy atom. The topological polar surface area (TPSA) is 134 Å². The molecule has 0 amide bonds. The third-order valence-electron chi connectivity index (χ3n) is 12.4. The Kier molecular flexibility index (Phi) is 53.2. The number of esters is 2. The highest BCUT2D eigenvalue weighted by molar-refractivity contribution is 7.47. The van der Waals surface area contributed by atoms with Crippen molar-refractivity contribution < 1.29 is 37.6 Å². The number of phosphoric ester groups is 1. The average molecular weight is 990 g/mol. The molecule has 0 aromatic carbocycles. The first-order valence-corrected chi connectivity index (χ1v) is 30.3. The molecule has 0 aliphatic heterocycles. The van der Waals surface area contributed by atoms with Gasteiger partial charge in [-0.15, -0.1) is 0 Å². The van der Waals surface area contributed by atoms with E-state index in [2.05, 4.69) is 74.6 Å². The van der Waals surface area contributed by atoms with Crippen LogP contribution < -0.4 is 5.73 Å². The molecular weight excluding hydrogens is 882 g/mol. The lowest BCUT2D eigenvalue weighted by molar-refractivity contribution is -0.161. The van der Waals surface area contributed by atoms with Crippen molar-refractivity contribution in [3.8, 4) is 0 Å². The maximum atomic E-state index is 12.7. The van der Waals surface area contributed by atoms with E-state index in [1.54, 1.807) is 0 Å². The summed E-state index contributed by atoms with van der Waals surface area (Å²) in [6.07, 6.45) is 68.4. The van der Waals surface area contributed by atoms with E-state index in [1.165, 1.54) is 161 Å². The van der Waals surface area contributed by atoms with Gasteiger partial charge in [-0.25, -0.2) is 4.57 Å². The maximum absolute atomic E-state index is 12.7. The third kappa shape index (κ3) is 54.9. The molecular formula is C59H108NO8P. The van der Waals surface area contributed by atoms with Crippen LogP contribution >= 0.6 is 7.82 Å². The molecule has 2 atom stereocenters. The summed E-state index contributed by atoms with van der Waals surface area (Å²) >= 11 is 0. The van der Waals surface area contributed by atoms with Gasteiger partial charge in [0.2, 0.25) is 0 Å². The van der Waals surface area contributed by atoms with Gasteiger partial charge in [-0.05, 0) is 57.8 Å². The van der Waals surface area contributed by atoms with Gasteiger partial charge in [0.1, 0.15) is 6.61 Å². The number of nitrogens with two attached hydrogens (primary N) is 1. The lowest BCUT2D eigenvalue weighted by Crippen LogP contribution is -2.29. The monoisotopic (exact) mass is 990 g/mol. The molecule has 0 fully saturated rings. The van der Waals surface area contributed by atoms with Crippen molar-refractivity contribution >= 4 is 19.8 Å². The van der Waals surface area contributed by atoms with E-state index >= 15 is 0 Å². The predicted molar refractivity (Wildman–Crippen MR) is 293 cm³/mol. The summed E-state index contributed by atoms with van der Waals surface area (Å²) in [5, 5.41) is 0. The maximum Gasteiger partial charge on any atom is 0.472 e. The summed E-state index contributed by atoms with van der Waals surface area (Å²) in [7, 11) is -4.39. The molecule has 10 heteroatoms. The average Bonchev–Trinajstić information content (AvgIpc) is 3.34. The lowest BCUT2D eigenvalue weighted by atomic mass is 10.0. The van der Waals surface area contributed by atoms with Crippen molar-refractivity contribution in [3.63, 3.8) is 0 Å². The highest BCUT2D eigenvalue weighted by atomic mass is 31.2. The molecule has 0 rings (SSSR count). The minimum Gasteiger partial charge on any atom is -0.462 e. The molecule has 2 unspecified atom stereocenters. The van der Waals surface area contributed by atoms with Crippen molar-refractivity contribution in [2.24, 2.45) is 5.73 Å². The number of unbranched alkanes of at least 4 members (excludes halogenated alkanes) is 31. The van der Waals surface area contributed by atoms with Gasteiger partial charge in [0.05, 0.1) is 13.2 Å². The molecule has 402 valence electrons. The van der Waals surface area contributed by atoms with Gasteiger partial charge >= 0.3 is 19.8 Å². The molecule has 0 saturated heterocycles. The number of hydrogen-bond acceptors (Lipinski definition) is 8. The van der Waals surface area contributed by atoms with E-state index in [1.807, 2.05) is 0 Å². The van der Waals surface area contributed by atoms with Gasteiger partial charge in [0.15, 0.2) is 6.10 Å². The van der Waals surface area contributed by atoms with Crippen LogP contribution in [0.15, 0.2) is 60.8 Å². The van der Waals surface area contributed by atoms with Gasteiger partial charge in [0, 0.05) is 19.4 Å². The molecule has 0 spiro atoms. The van der Waals surface area contributed by atoms with E-state index in [0.717, 1.165) is 77.0 Å². The first-order chi connectivity index (χ1) is 33.8. The number of phosphoric acid groups is 1. The second-order valence-corrected chi connectivity index (χ2v) is 20.6. The van der Waals surface area contributed by atoms with E-state index < -0.39 is 26.5 Å². The predicted octanol–water partition coefficient (Wildman–Crippen LogP) is 18.0. The molecule has 0 bridgehead atoms. The van der Waals surface area contributed by atoms with Gasteiger partial charge in [-0.2, -0.15) is 0 Å². The summed E-state index contributed by atoms with van der Waals surface area (Å²) in [6, 6.07) is 0. The van der Waals surface area contributed by atoms with Crippen molar-refractivity contribution in [2.75, 3.05) is 26.4 Å². The Morgan fingerprint density at radius 2 is 0.797 bits per heavy atom. The third-order valence-corrected chi connectivity index (χ3v) is 13.4. The van der Waals surface area contributed by atoms with Crippen LogP contribution in [0, 0.1) is 0 Å². The zero-order chi connectivity index (χ0) is 50.2. The molecule has 0 radical (unpaired) electrons. The number of carbonyl (C=O) groups is 2. The van der Waals surface area contributed by atoms with E-state index in [4.69, 9.17) is 24.3 Å². The van der Waals surface area contributed by atoms with E-state index in [0.29, 0.717) is 6.42 Å². The number of rotatable bonds is 54. The fourth-order valence-electron chi connectivity index (χ4n) is 8.19. The van der Waals surface area contributed by atoms with Crippen LogP contribution in [0.3, 0.4) is 0 Å². The molecule has 0 aromatic heterocycles. The SMILES string of the molecule is CC/C=C\C/C=C\C/C=C\C/C=C\C/C=C\CCCCCCCCCCCCCC(=O)OC(COC(=O)CCCCCCCCCCCCCCCCCCCCCCC)COP(=O)(O)OCCN. The molecule has 0 aliphatic rings. The van der Waals surface area contributed by atoms with Crippen LogP contribution in [-0.4, -0.2) is 49.3 Å². The van der Waals surface area contributed by atoms with Crippen LogP contribution in [0.4, 0.5) is 0 Å². The van der Waals surface area contributed by atoms with Gasteiger partial charge in [-0.3, -0.25) is 18.6 Å². The highest BCUT2D eigenvalue weighted by Gasteiger charge is 2.26. The second-order valence-electron chi connectivity index (χ2n) is 19.1. The van der Waals surface area contributed by atoms with Crippen molar-refractivity contribution in [2.45, 2.75) is 277 Å². The zero-order valence-corrected chi connectivity index (χ0v) is 45.7. The quantitative estimate of drug-likeness (QED) is 0.0264. The van der Waals surface area contributed by atoms with Crippen LogP contribution in [0.2, 0.25) is 0 Å².